The third-order valence-corrected chi connectivity index (χ3v) is 5.10. The number of methoxy groups -OCH3 is 1. The quantitative estimate of drug-likeness (QED) is 0.516. The van der Waals surface area contributed by atoms with Crippen molar-refractivity contribution in [1.82, 2.24) is 0 Å². The van der Waals surface area contributed by atoms with E-state index in [4.69, 9.17) is 11.6 Å². The number of rotatable bonds is 5. The van der Waals surface area contributed by atoms with Crippen LogP contribution in [-0.2, 0) is 0 Å². The number of nitrogens with one attached hydrogen (secondary N) is 1. The van der Waals surface area contributed by atoms with Crippen LogP contribution >= 0.6 is 22.9 Å². The van der Waals surface area contributed by atoms with E-state index >= 15 is 0 Å². The largest absolute Gasteiger partial charge is 0.491 e. The van der Waals surface area contributed by atoms with Crippen molar-refractivity contribution in [2.24, 2.45) is 0 Å². The Morgan fingerprint density at radius 3 is 2.38 bits per heavy atom. The minimum atomic E-state index is -1.58. The average molecular weight is 442 g/mol. The molecule has 0 spiro atoms. The summed E-state index contributed by atoms with van der Waals surface area (Å²) in [7, 11) is 0.919. The number of carboxylic acids is 1. The first kappa shape index (κ1) is 20.7. The molecule has 1 amide bonds. The molecular weight excluding hydrogens is 431 g/mol. The zero-order valence-electron chi connectivity index (χ0n) is 14.6. The fourth-order valence-corrected chi connectivity index (χ4v) is 3.68. The molecular formula is C19H11ClF3NO4S. The van der Waals surface area contributed by atoms with Crippen LogP contribution in [0.1, 0.15) is 20.7 Å². The van der Waals surface area contributed by atoms with Gasteiger partial charge in [-0.05, 0) is 23.8 Å². The van der Waals surface area contributed by atoms with E-state index in [1.54, 1.807) is 24.3 Å². The van der Waals surface area contributed by atoms with Crippen molar-refractivity contribution in [2.75, 3.05) is 12.4 Å². The van der Waals surface area contributed by atoms with Crippen molar-refractivity contribution in [3.8, 4) is 16.9 Å². The van der Waals surface area contributed by atoms with Crippen LogP contribution in [0.4, 0.5) is 18.2 Å². The van der Waals surface area contributed by atoms with Gasteiger partial charge in [-0.1, -0.05) is 23.7 Å². The number of carboxylic acid groups (broad SMARTS) is 1. The SMILES string of the molecule is COc1c(F)c(F)cc(C(=O)Nc2scc(-c3ccc(Cl)cc3)c2C(=O)O)c1F. The van der Waals surface area contributed by atoms with Crippen molar-refractivity contribution in [1.29, 1.82) is 0 Å². The van der Waals surface area contributed by atoms with E-state index in [9.17, 15) is 27.9 Å². The van der Waals surface area contributed by atoms with Crippen molar-refractivity contribution in [2.45, 2.75) is 0 Å². The number of anilines is 1. The van der Waals surface area contributed by atoms with E-state index in [-0.39, 0.29) is 10.6 Å². The fourth-order valence-electron chi connectivity index (χ4n) is 2.60. The Morgan fingerprint density at radius 2 is 1.79 bits per heavy atom. The number of hydrogen-bond donors (Lipinski definition) is 2. The van der Waals surface area contributed by atoms with Crippen molar-refractivity contribution < 1.29 is 32.6 Å². The molecule has 2 N–H and O–H groups in total. The predicted octanol–water partition coefficient (Wildman–Crippen LogP) is 5.44. The number of thiophene rings is 1. The summed E-state index contributed by atoms with van der Waals surface area (Å²) >= 11 is 6.72. The fraction of sp³-hybridized carbons (Fsp3) is 0.0526. The van der Waals surface area contributed by atoms with Crippen molar-refractivity contribution in [3.63, 3.8) is 0 Å². The molecule has 0 aliphatic rings. The number of halogens is 4. The molecule has 2 aromatic carbocycles. The molecule has 3 rings (SSSR count). The van der Waals surface area contributed by atoms with Crippen LogP contribution in [-0.4, -0.2) is 24.1 Å². The lowest BCUT2D eigenvalue weighted by Gasteiger charge is -2.10. The van der Waals surface area contributed by atoms with Crippen LogP contribution in [0.2, 0.25) is 5.02 Å². The molecule has 1 aromatic heterocycles. The smallest absolute Gasteiger partial charge is 0.339 e. The lowest BCUT2D eigenvalue weighted by molar-refractivity contribution is 0.0699. The zero-order valence-corrected chi connectivity index (χ0v) is 16.1. The number of carbonyl (C=O) groups excluding carboxylic acids is 1. The summed E-state index contributed by atoms with van der Waals surface area (Å²) in [4.78, 5) is 24.2. The number of aromatic carboxylic acids is 1. The van der Waals surface area contributed by atoms with Crippen LogP contribution in [0.15, 0.2) is 35.7 Å². The van der Waals surface area contributed by atoms with Gasteiger partial charge in [-0.3, -0.25) is 4.79 Å². The Labute approximate surface area is 171 Å². The Kier molecular flexibility index (Phi) is 5.81. The minimum absolute atomic E-state index is 0.101. The first-order valence-electron chi connectivity index (χ1n) is 7.88. The normalized spacial score (nSPS) is 10.7. The van der Waals surface area contributed by atoms with E-state index in [1.807, 2.05) is 0 Å². The standard InChI is InChI=1S/C19H11ClF3NO4S/c1-28-16-14(22)10(6-12(21)15(16)23)17(25)24-18-13(19(26)27)11(7-29-18)8-2-4-9(20)5-3-8/h2-7H,1H3,(H,24,25)(H,26,27). The van der Waals surface area contributed by atoms with Gasteiger partial charge in [0.1, 0.15) is 10.6 Å². The average Bonchev–Trinajstić information content (AvgIpc) is 3.09. The molecule has 0 bridgehead atoms. The van der Waals surface area contributed by atoms with E-state index in [1.165, 1.54) is 5.38 Å². The molecule has 10 heteroatoms. The van der Waals surface area contributed by atoms with Crippen LogP contribution in [0.25, 0.3) is 11.1 Å². The number of amides is 1. The van der Waals surface area contributed by atoms with Gasteiger partial charge in [-0.2, -0.15) is 4.39 Å². The molecule has 0 atom stereocenters. The molecule has 150 valence electrons. The molecule has 0 saturated carbocycles. The summed E-state index contributed by atoms with van der Waals surface area (Å²) in [5, 5.41) is 13.7. The van der Waals surface area contributed by atoms with Gasteiger partial charge in [0.2, 0.25) is 5.82 Å². The molecule has 0 radical (unpaired) electrons. The highest BCUT2D eigenvalue weighted by atomic mass is 35.5. The van der Waals surface area contributed by atoms with Crippen LogP contribution in [0, 0.1) is 17.5 Å². The lowest BCUT2D eigenvalue weighted by Crippen LogP contribution is -2.16. The van der Waals surface area contributed by atoms with Gasteiger partial charge in [0.15, 0.2) is 17.4 Å². The maximum atomic E-state index is 14.3. The minimum Gasteiger partial charge on any atom is -0.491 e. The second kappa shape index (κ2) is 8.14. The number of hydrogen-bond acceptors (Lipinski definition) is 4. The van der Waals surface area contributed by atoms with Crippen molar-refractivity contribution >= 4 is 39.8 Å². The van der Waals surface area contributed by atoms with E-state index in [2.05, 4.69) is 10.1 Å². The molecule has 5 nitrogen and oxygen atoms in total. The van der Waals surface area contributed by atoms with E-state index in [0.717, 1.165) is 18.4 Å². The first-order chi connectivity index (χ1) is 13.7. The van der Waals surface area contributed by atoms with Gasteiger partial charge in [0.05, 0.1) is 12.7 Å². The second-order valence-electron chi connectivity index (χ2n) is 5.69. The molecule has 29 heavy (non-hydrogen) atoms. The molecule has 0 fully saturated rings. The van der Waals surface area contributed by atoms with Gasteiger partial charge in [0.25, 0.3) is 5.91 Å². The van der Waals surface area contributed by atoms with Gasteiger partial charge >= 0.3 is 5.97 Å². The lowest BCUT2D eigenvalue weighted by atomic mass is 10.0. The molecule has 0 unspecified atom stereocenters. The Morgan fingerprint density at radius 1 is 1.14 bits per heavy atom. The maximum Gasteiger partial charge on any atom is 0.339 e. The summed E-state index contributed by atoms with van der Waals surface area (Å²) in [5.41, 5.74) is -0.235. The Bertz CT molecular complexity index is 1120. The maximum absolute atomic E-state index is 14.3. The summed E-state index contributed by atoms with van der Waals surface area (Å²) < 4.78 is 46.0. The highest BCUT2D eigenvalue weighted by molar-refractivity contribution is 7.15. The third-order valence-electron chi connectivity index (χ3n) is 3.95. The highest BCUT2D eigenvalue weighted by Gasteiger charge is 2.26. The highest BCUT2D eigenvalue weighted by Crippen LogP contribution is 2.37. The molecule has 1 heterocycles. The summed E-state index contributed by atoms with van der Waals surface area (Å²) in [6, 6.07) is 6.71. The number of benzene rings is 2. The molecule has 0 saturated heterocycles. The van der Waals surface area contributed by atoms with Crippen molar-refractivity contribution in [3.05, 3.63) is 69.3 Å². The van der Waals surface area contributed by atoms with E-state index in [0.29, 0.717) is 22.2 Å². The third kappa shape index (κ3) is 3.92. The van der Waals surface area contributed by atoms with Crippen LogP contribution in [0.3, 0.4) is 0 Å². The van der Waals surface area contributed by atoms with Gasteiger partial charge in [-0.15, -0.1) is 11.3 Å². The van der Waals surface area contributed by atoms with Gasteiger partial charge < -0.3 is 15.2 Å². The summed E-state index contributed by atoms with van der Waals surface area (Å²) in [5.74, 6) is -8.02. The molecule has 0 aliphatic carbocycles. The second-order valence-corrected chi connectivity index (χ2v) is 7.00. The number of carbonyl (C=O) groups is 2. The zero-order chi connectivity index (χ0) is 21.3. The Balaban J connectivity index is 2.01. The van der Waals surface area contributed by atoms with Crippen LogP contribution < -0.4 is 10.1 Å². The number of ether oxygens (including phenoxy) is 1. The topological polar surface area (TPSA) is 75.6 Å². The summed E-state index contributed by atoms with van der Waals surface area (Å²) in [6.45, 7) is 0. The van der Waals surface area contributed by atoms with Gasteiger partial charge in [0, 0.05) is 16.0 Å². The summed E-state index contributed by atoms with van der Waals surface area (Å²) in [6.07, 6.45) is 0. The first-order valence-corrected chi connectivity index (χ1v) is 9.13. The van der Waals surface area contributed by atoms with E-state index < -0.39 is 40.6 Å². The predicted molar refractivity (Wildman–Crippen MR) is 103 cm³/mol. The monoisotopic (exact) mass is 441 g/mol. The van der Waals surface area contributed by atoms with Gasteiger partial charge in [-0.25, -0.2) is 13.6 Å². The van der Waals surface area contributed by atoms with Crippen LogP contribution in [0.5, 0.6) is 5.75 Å². The molecule has 0 aliphatic heterocycles. The molecule has 3 aromatic rings. The Hall–Kier alpha value is -3.04.